The van der Waals surface area contributed by atoms with E-state index in [1.165, 1.54) is 6.39 Å². The van der Waals surface area contributed by atoms with Crippen LogP contribution in [0.25, 0.3) is 33.6 Å². The Bertz CT molecular complexity index is 879. The number of aromatic nitrogens is 3. The lowest BCUT2D eigenvalue weighted by molar-refractivity contribution is 0.415. The molecule has 3 aromatic heterocycles. The Morgan fingerprint density at radius 2 is 2.24 bits per heavy atom. The summed E-state index contributed by atoms with van der Waals surface area (Å²) in [6.45, 7) is 0. The molecule has 0 saturated heterocycles. The monoisotopic (exact) mass is 297 g/mol. The summed E-state index contributed by atoms with van der Waals surface area (Å²) in [5.41, 5.74) is 5.63. The van der Waals surface area contributed by atoms with Crippen LogP contribution in [0, 0.1) is 0 Å². The van der Waals surface area contributed by atoms with Gasteiger partial charge in [0.1, 0.15) is 5.75 Å². The average Bonchev–Trinajstić information content (AvgIpc) is 3.23. The van der Waals surface area contributed by atoms with Crippen molar-refractivity contribution in [1.82, 2.24) is 15.0 Å². The van der Waals surface area contributed by atoms with Crippen LogP contribution in [-0.4, -0.2) is 22.1 Å². The van der Waals surface area contributed by atoms with Crippen molar-refractivity contribution < 1.29 is 9.15 Å². The van der Waals surface area contributed by atoms with Crippen molar-refractivity contribution in [2.45, 2.75) is 0 Å². The van der Waals surface area contributed by atoms with E-state index in [0.29, 0.717) is 5.76 Å². The Balaban J connectivity index is 1.92. The van der Waals surface area contributed by atoms with Crippen LogP contribution in [0.1, 0.15) is 0 Å². The smallest absolute Gasteiger partial charge is 0.181 e. The maximum absolute atomic E-state index is 5.46. The highest BCUT2D eigenvalue weighted by molar-refractivity contribution is 7.07. The van der Waals surface area contributed by atoms with Gasteiger partial charge in [-0.05, 0) is 12.1 Å². The van der Waals surface area contributed by atoms with Crippen LogP contribution >= 0.6 is 11.3 Å². The van der Waals surface area contributed by atoms with Crippen LogP contribution in [0.15, 0.2) is 46.1 Å². The Kier molecular flexibility index (Phi) is 2.75. The first-order chi connectivity index (χ1) is 10.3. The van der Waals surface area contributed by atoms with Crippen LogP contribution in [-0.2, 0) is 0 Å². The molecule has 21 heavy (non-hydrogen) atoms. The van der Waals surface area contributed by atoms with Crippen molar-refractivity contribution >= 4 is 22.2 Å². The largest absolute Gasteiger partial charge is 0.496 e. The SMILES string of the molecule is COc1cc2[nH]c(-c3cscn3)cc2cc1-c1cnco1. The van der Waals surface area contributed by atoms with Gasteiger partial charge in [0, 0.05) is 22.3 Å². The summed E-state index contributed by atoms with van der Waals surface area (Å²) in [7, 11) is 1.64. The second-order valence-corrected chi connectivity index (χ2v) is 5.28. The van der Waals surface area contributed by atoms with E-state index in [4.69, 9.17) is 9.15 Å². The van der Waals surface area contributed by atoms with Gasteiger partial charge in [-0.15, -0.1) is 11.3 Å². The van der Waals surface area contributed by atoms with Gasteiger partial charge < -0.3 is 14.1 Å². The summed E-state index contributed by atoms with van der Waals surface area (Å²) in [5, 5.41) is 3.09. The third-order valence-corrected chi connectivity index (χ3v) is 3.93. The van der Waals surface area contributed by atoms with Crippen molar-refractivity contribution in [2.75, 3.05) is 7.11 Å². The summed E-state index contributed by atoms with van der Waals surface area (Å²) in [4.78, 5) is 11.6. The maximum Gasteiger partial charge on any atom is 0.181 e. The van der Waals surface area contributed by atoms with Gasteiger partial charge in [0.15, 0.2) is 12.2 Å². The van der Waals surface area contributed by atoms with Crippen LogP contribution in [0.3, 0.4) is 0 Å². The first-order valence-electron chi connectivity index (χ1n) is 6.33. The third kappa shape index (κ3) is 2.00. The normalized spacial score (nSPS) is 11.1. The lowest BCUT2D eigenvalue weighted by atomic mass is 10.1. The molecule has 1 aromatic carbocycles. The number of methoxy groups -OCH3 is 1. The molecule has 0 aliphatic carbocycles. The summed E-state index contributed by atoms with van der Waals surface area (Å²) in [6, 6.07) is 6.06. The molecule has 4 rings (SSSR count). The fourth-order valence-electron chi connectivity index (χ4n) is 2.35. The van der Waals surface area contributed by atoms with Crippen LogP contribution < -0.4 is 4.74 Å². The van der Waals surface area contributed by atoms with E-state index < -0.39 is 0 Å². The summed E-state index contributed by atoms with van der Waals surface area (Å²) >= 11 is 1.57. The minimum absolute atomic E-state index is 0.685. The molecule has 0 aliphatic rings. The van der Waals surface area contributed by atoms with Crippen LogP contribution in [0.5, 0.6) is 5.75 Å². The van der Waals surface area contributed by atoms with E-state index in [1.54, 1.807) is 24.6 Å². The molecule has 5 nitrogen and oxygen atoms in total. The first-order valence-corrected chi connectivity index (χ1v) is 7.27. The quantitative estimate of drug-likeness (QED) is 0.621. The number of H-pyrrole nitrogens is 1. The highest BCUT2D eigenvalue weighted by atomic mass is 32.1. The van der Waals surface area contributed by atoms with Gasteiger partial charge >= 0.3 is 0 Å². The average molecular weight is 297 g/mol. The number of thiazole rings is 1. The number of rotatable bonds is 3. The molecule has 0 unspecified atom stereocenters. The summed E-state index contributed by atoms with van der Waals surface area (Å²) in [6.07, 6.45) is 3.09. The molecule has 0 saturated carbocycles. The van der Waals surface area contributed by atoms with E-state index in [1.807, 2.05) is 23.0 Å². The predicted molar refractivity (Wildman–Crippen MR) is 81.5 cm³/mol. The molecule has 104 valence electrons. The molecule has 0 spiro atoms. The molecular weight excluding hydrogens is 286 g/mol. The second kappa shape index (κ2) is 4.75. The standard InChI is InChI=1S/C15H11N3O2S/c1-19-14-4-11-9(2-10(14)15-5-16-7-20-15)3-12(18-11)13-6-21-8-17-13/h2-8,18H,1H3. The number of hydrogen-bond donors (Lipinski definition) is 1. The number of ether oxygens (including phenoxy) is 1. The van der Waals surface area contributed by atoms with Gasteiger partial charge in [0.2, 0.25) is 0 Å². The number of fused-ring (bicyclic) bond motifs is 1. The highest BCUT2D eigenvalue weighted by Gasteiger charge is 2.13. The Hall–Kier alpha value is -2.60. The Morgan fingerprint density at radius 1 is 1.29 bits per heavy atom. The minimum Gasteiger partial charge on any atom is -0.496 e. The van der Waals surface area contributed by atoms with Gasteiger partial charge in [-0.25, -0.2) is 9.97 Å². The molecule has 0 amide bonds. The molecular formula is C15H11N3O2S. The zero-order valence-electron chi connectivity index (χ0n) is 11.2. The molecule has 4 aromatic rings. The van der Waals surface area contributed by atoms with Crippen molar-refractivity contribution in [1.29, 1.82) is 0 Å². The zero-order chi connectivity index (χ0) is 14.2. The molecule has 6 heteroatoms. The molecule has 0 fully saturated rings. The molecule has 0 aliphatic heterocycles. The van der Waals surface area contributed by atoms with E-state index in [-0.39, 0.29) is 0 Å². The van der Waals surface area contributed by atoms with E-state index in [9.17, 15) is 0 Å². The molecule has 0 atom stereocenters. The number of benzene rings is 1. The van der Waals surface area contributed by atoms with Gasteiger partial charge in [-0.1, -0.05) is 0 Å². The lowest BCUT2D eigenvalue weighted by Crippen LogP contribution is -1.87. The number of hydrogen-bond acceptors (Lipinski definition) is 5. The number of nitrogens with one attached hydrogen (secondary N) is 1. The number of nitrogens with zero attached hydrogens (tertiary/aromatic N) is 2. The zero-order valence-corrected chi connectivity index (χ0v) is 12.0. The Morgan fingerprint density at radius 3 is 2.95 bits per heavy atom. The minimum atomic E-state index is 0.685. The van der Waals surface area contributed by atoms with E-state index in [2.05, 4.69) is 21.0 Å². The van der Waals surface area contributed by atoms with Gasteiger partial charge in [-0.2, -0.15) is 0 Å². The van der Waals surface area contributed by atoms with Crippen LogP contribution in [0.2, 0.25) is 0 Å². The first kappa shape index (κ1) is 12.2. The maximum atomic E-state index is 5.46. The lowest BCUT2D eigenvalue weighted by Gasteiger charge is -2.05. The van der Waals surface area contributed by atoms with Gasteiger partial charge in [-0.3, -0.25) is 0 Å². The van der Waals surface area contributed by atoms with Crippen molar-refractivity contribution in [3.05, 3.63) is 41.7 Å². The van der Waals surface area contributed by atoms with Crippen molar-refractivity contribution in [2.24, 2.45) is 0 Å². The van der Waals surface area contributed by atoms with Gasteiger partial charge in [0.05, 0.1) is 35.8 Å². The second-order valence-electron chi connectivity index (χ2n) is 4.56. The van der Waals surface area contributed by atoms with Gasteiger partial charge in [0.25, 0.3) is 0 Å². The fraction of sp³-hybridized carbons (Fsp3) is 0.0667. The number of aromatic amines is 1. The summed E-state index contributed by atoms with van der Waals surface area (Å²) < 4.78 is 10.8. The molecule has 0 bridgehead atoms. The highest BCUT2D eigenvalue weighted by Crippen LogP contribution is 2.35. The van der Waals surface area contributed by atoms with Crippen molar-refractivity contribution in [3.8, 4) is 28.5 Å². The predicted octanol–water partition coefficient (Wildman–Crippen LogP) is 3.96. The molecule has 3 heterocycles. The fourth-order valence-corrected chi connectivity index (χ4v) is 2.91. The number of oxazole rings is 1. The van der Waals surface area contributed by atoms with Crippen molar-refractivity contribution in [3.63, 3.8) is 0 Å². The summed E-state index contributed by atoms with van der Waals surface area (Å²) in [5.74, 6) is 1.43. The van der Waals surface area contributed by atoms with E-state index >= 15 is 0 Å². The van der Waals surface area contributed by atoms with E-state index in [0.717, 1.165) is 33.6 Å². The topological polar surface area (TPSA) is 63.9 Å². The molecule has 0 radical (unpaired) electrons. The third-order valence-electron chi connectivity index (χ3n) is 3.35. The van der Waals surface area contributed by atoms with Crippen LogP contribution in [0.4, 0.5) is 0 Å². The Labute approximate surface area is 124 Å². The molecule has 1 N–H and O–H groups in total.